The number of aryl methyl sites for hydroxylation is 1. The lowest BCUT2D eigenvalue weighted by Gasteiger charge is -2.26. The number of nitrogens with zero attached hydrogens (tertiary/aromatic N) is 2. The summed E-state index contributed by atoms with van der Waals surface area (Å²) in [6.45, 7) is 13.8. The maximum atomic E-state index is 12.1. The third-order valence-electron chi connectivity index (χ3n) is 4.30. The fourth-order valence-corrected chi connectivity index (χ4v) is 2.61. The Morgan fingerprint density at radius 3 is 2.44 bits per heavy atom. The summed E-state index contributed by atoms with van der Waals surface area (Å²) in [5.74, 6) is 0.752. The highest BCUT2D eigenvalue weighted by Crippen LogP contribution is 2.15. The van der Waals surface area contributed by atoms with Gasteiger partial charge >= 0.3 is 0 Å². The van der Waals surface area contributed by atoms with Gasteiger partial charge in [0.15, 0.2) is 5.96 Å². The molecule has 0 spiro atoms. The number of amides is 1. The van der Waals surface area contributed by atoms with E-state index >= 15 is 0 Å². The van der Waals surface area contributed by atoms with Crippen LogP contribution in [0.4, 0.5) is 5.69 Å². The Morgan fingerprint density at radius 1 is 1.19 bits per heavy atom. The zero-order valence-electron chi connectivity index (χ0n) is 17.6. The number of rotatable bonds is 9. The maximum absolute atomic E-state index is 12.1. The molecule has 0 saturated carbocycles. The minimum absolute atomic E-state index is 0. The van der Waals surface area contributed by atoms with E-state index in [9.17, 15) is 4.79 Å². The Bertz CT molecular complexity index is 604. The average molecular weight is 489 g/mol. The van der Waals surface area contributed by atoms with Crippen LogP contribution >= 0.6 is 24.0 Å². The number of carbonyl (C=O) groups excluding carboxylic acids is 1. The largest absolute Gasteiger partial charge is 0.370 e. The Morgan fingerprint density at radius 2 is 1.89 bits per heavy atom. The monoisotopic (exact) mass is 489 g/mol. The summed E-state index contributed by atoms with van der Waals surface area (Å²) >= 11 is 0. The molecule has 6 nitrogen and oxygen atoms in total. The van der Waals surface area contributed by atoms with Gasteiger partial charge in [-0.2, -0.15) is 0 Å². The number of likely N-dealkylation sites (N-methyl/N-ethyl adjacent to an activating group) is 1. The lowest BCUT2D eigenvalue weighted by Crippen LogP contribution is -2.48. The van der Waals surface area contributed by atoms with Crippen LogP contribution in [0.5, 0.6) is 0 Å². The summed E-state index contributed by atoms with van der Waals surface area (Å²) in [4.78, 5) is 18.6. The first-order valence-corrected chi connectivity index (χ1v) is 9.38. The molecular weight excluding hydrogens is 453 g/mol. The van der Waals surface area contributed by atoms with E-state index < -0.39 is 5.41 Å². The second kappa shape index (κ2) is 12.8. The average Bonchev–Trinajstić information content (AvgIpc) is 2.61. The molecule has 27 heavy (non-hydrogen) atoms. The van der Waals surface area contributed by atoms with Gasteiger partial charge in [-0.3, -0.25) is 9.79 Å². The Hall–Kier alpha value is -1.51. The zero-order valence-corrected chi connectivity index (χ0v) is 19.9. The molecule has 1 aromatic rings. The first-order chi connectivity index (χ1) is 12.3. The molecule has 0 aromatic heterocycles. The van der Waals surface area contributed by atoms with Crippen molar-refractivity contribution < 1.29 is 4.79 Å². The van der Waals surface area contributed by atoms with E-state index in [1.54, 1.807) is 7.05 Å². The van der Waals surface area contributed by atoms with Gasteiger partial charge in [-0.15, -0.1) is 24.0 Å². The van der Waals surface area contributed by atoms with E-state index in [1.807, 2.05) is 20.8 Å². The standard InChI is InChI=1S/C20H35N5O.HI/c1-7-22-18(26)20(4,5)15-24-19(21-6)23-12-13-25(8-2)17-11-9-10-16(3)14-17;/h9-11,14H,7-8,12-13,15H2,1-6H3,(H,22,26)(H2,21,23,24);1H. The van der Waals surface area contributed by atoms with Crippen LogP contribution in [0.25, 0.3) is 0 Å². The van der Waals surface area contributed by atoms with Crippen LogP contribution in [-0.4, -0.2) is 51.6 Å². The Balaban J connectivity index is 0.00000676. The summed E-state index contributed by atoms with van der Waals surface area (Å²) in [5, 5.41) is 9.45. The Labute approximate surface area is 181 Å². The molecule has 0 saturated heterocycles. The smallest absolute Gasteiger partial charge is 0.227 e. The van der Waals surface area contributed by atoms with Gasteiger partial charge in [-0.1, -0.05) is 12.1 Å². The predicted octanol–water partition coefficient (Wildman–Crippen LogP) is 2.77. The summed E-state index contributed by atoms with van der Waals surface area (Å²) in [5.41, 5.74) is 2.00. The van der Waals surface area contributed by atoms with E-state index in [2.05, 4.69) is 64.0 Å². The van der Waals surface area contributed by atoms with Gasteiger partial charge in [0.05, 0.1) is 5.41 Å². The van der Waals surface area contributed by atoms with E-state index in [1.165, 1.54) is 11.3 Å². The normalized spacial score (nSPS) is 11.4. The quantitative estimate of drug-likeness (QED) is 0.284. The molecule has 0 fully saturated rings. The summed E-state index contributed by atoms with van der Waals surface area (Å²) in [6.07, 6.45) is 0. The molecular formula is C20H36IN5O. The van der Waals surface area contributed by atoms with Gasteiger partial charge in [0, 0.05) is 45.5 Å². The molecule has 154 valence electrons. The minimum atomic E-state index is -0.495. The molecule has 0 bridgehead atoms. The van der Waals surface area contributed by atoms with Gasteiger partial charge in [-0.25, -0.2) is 0 Å². The Kier molecular flexibility index (Phi) is 12.1. The first-order valence-electron chi connectivity index (χ1n) is 9.38. The van der Waals surface area contributed by atoms with Gasteiger partial charge < -0.3 is 20.9 Å². The summed E-state index contributed by atoms with van der Waals surface area (Å²) in [6, 6.07) is 8.53. The van der Waals surface area contributed by atoms with Crippen molar-refractivity contribution in [1.29, 1.82) is 0 Å². The number of aliphatic imine (C=N–C) groups is 1. The van der Waals surface area contributed by atoms with Crippen molar-refractivity contribution in [3.8, 4) is 0 Å². The second-order valence-electron chi connectivity index (χ2n) is 7.01. The molecule has 0 unspecified atom stereocenters. The van der Waals surface area contributed by atoms with Crippen LogP contribution in [0.2, 0.25) is 0 Å². The minimum Gasteiger partial charge on any atom is -0.370 e. The zero-order chi connectivity index (χ0) is 19.6. The molecule has 3 N–H and O–H groups in total. The van der Waals surface area contributed by atoms with Crippen LogP contribution < -0.4 is 20.9 Å². The lowest BCUT2D eigenvalue weighted by atomic mass is 9.92. The summed E-state index contributed by atoms with van der Waals surface area (Å²) in [7, 11) is 1.74. The molecule has 0 aliphatic carbocycles. The molecule has 0 heterocycles. The van der Waals surface area contributed by atoms with Crippen LogP contribution in [0.15, 0.2) is 29.3 Å². The van der Waals surface area contributed by atoms with Crippen molar-refractivity contribution in [3.63, 3.8) is 0 Å². The summed E-state index contributed by atoms with van der Waals surface area (Å²) < 4.78 is 0. The molecule has 0 aliphatic heterocycles. The van der Waals surface area contributed by atoms with Crippen LogP contribution in [0.1, 0.15) is 33.3 Å². The number of guanidine groups is 1. The molecule has 0 atom stereocenters. The number of halogens is 1. The highest BCUT2D eigenvalue weighted by atomic mass is 127. The van der Waals surface area contributed by atoms with Crippen molar-refractivity contribution in [2.24, 2.45) is 10.4 Å². The third-order valence-corrected chi connectivity index (χ3v) is 4.30. The molecule has 1 rings (SSSR count). The van der Waals surface area contributed by atoms with Gasteiger partial charge in [0.25, 0.3) is 0 Å². The molecule has 1 amide bonds. The highest BCUT2D eigenvalue weighted by molar-refractivity contribution is 14.0. The van der Waals surface area contributed by atoms with Crippen molar-refractivity contribution in [2.75, 3.05) is 44.7 Å². The van der Waals surface area contributed by atoms with Gasteiger partial charge in [0.1, 0.15) is 0 Å². The van der Waals surface area contributed by atoms with Gasteiger partial charge in [-0.05, 0) is 52.3 Å². The maximum Gasteiger partial charge on any atom is 0.227 e. The SMILES string of the molecule is CCNC(=O)C(C)(C)CNC(=NC)NCCN(CC)c1cccc(C)c1.I. The highest BCUT2D eigenvalue weighted by Gasteiger charge is 2.27. The van der Waals surface area contributed by atoms with Crippen molar-refractivity contribution in [3.05, 3.63) is 29.8 Å². The van der Waals surface area contributed by atoms with E-state index in [4.69, 9.17) is 0 Å². The molecule has 0 aliphatic rings. The van der Waals surface area contributed by atoms with Crippen molar-refractivity contribution >= 4 is 41.5 Å². The first kappa shape index (κ1) is 25.5. The van der Waals surface area contributed by atoms with E-state index in [-0.39, 0.29) is 29.9 Å². The van der Waals surface area contributed by atoms with Gasteiger partial charge in [0.2, 0.25) is 5.91 Å². The van der Waals surface area contributed by atoms with Crippen LogP contribution in [0.3, 0.4) is 0 Å². The van der Waals surface area contributed by atoms with Crippen LogP contribution in [0, 0.1) is 12.3 Å². The molecule has 0 radical (unpaired) electrons. The van der Waals surface area contributed by atoms with E-state index in [0.717, 1.165) is 19.6 Å². The topological polar surface area (TPSA) is 68.8 Å². The fourth-order valence-electron chi connectivity index (χ4n) is 2.61. The number of hydrogen-bond acceptors (Lipinski definition) is 3. The number of nitrogens with one attached hydrogen (secondary N) is 3. The number of anilines is 1. The number of hydrogen-bond donors (Lipinski definition) is 3. The fraction of sp³-hybridized carbons (Fsp3) is 0.600. The molecule has 1 aromatic carbocycles. The third kappa shape index (κ3) is 8.81. The molecule has 7 heteroatoms. The lowest BCUT2D eigenvalue weighted by molar-refractivity contribution is -0.128. The predicted molar refractivity (Wildman–Crippen MR) is 126 cm³/mol. The number of benzene rings is 1. The second-order valence-corrected chi connectivity index (χ2v) is 7.01. The van der Waals surface area contributed by atoms with Crippen LogP contribution in [-0.2, 0) is 4.79 Å². The number of carbonyl (C=O) groups is 1. The van der Waals surface area contributed by atoms with Crippen molar-refractivity contribution in [2.45, 2.75) is 34.6 Å². The van der Waals surface area contributed by atoms with E-state index in [0.29, 0.717) is 19.0 Å². The van der Waals surface area contributed by atoms with Crippen molar-refractivity contribution in [1.82, 2.24) is 16.0 Å².